The molecule has 15 heavy (non-hydrogen) atoms. The minimum absolute atomic E-state index is 0.235. The van der Waals surface area contributed by atoms with Gasteiger partial charge in [-0.05, 0) is 25.8 Å². The number of carbonyl (C=O) groups excluding carboxylic acids is 1. The molecule has 0 aliphatic rings. The first-order valence-electron chi connectivity index (χ1n) is 4.91. The summed E-state index contributed by atoms with van der Waals surface area (Å²) >= 11 is 0. The summed E-state index contributed by atoms with van der Waals surface area (Å²) in [5.74, 6) is 0.696. The molecule has 4 nitrogen and oxygen atoms in total. The number of aryl methyl sites for hydroxylation is 1. The number of nitrogens with one attached hydrogen (secondary N) is 1. The summed E-state index contributed by atoms with van der Waals surface area (Å²) in [6, 6.07) is 1.63. The molecule has 1 N–H and O–H groups in total. The molecule has 0 aromatic carbocycles. The molecule has 1 aromatic heterocycles. The van der Waals surface area contributed by atoms with E-state index in [1.165, 1.54) is 6.26 Å². The lowest BCUT2D eigenvalue weighted by Crippen LogP contribution is -2.20. The first kappa shape index (κ1) is 11.5. The predicted molar refractivity (Wildman–Crippen MR) is 58.9 cm³/mol. The fourth-order valence-corrected chi connectivity index (χ4v) is 0.949. The molecule has 0 bridgehead atoms. The van der Waals surface area contributed by atoms with Crippen LogP contribution in [0.25, 0.3) is 0 Å². The summed E-state index contributed by atoms with van der Waals surface area (Å²) in [6.07, 6.45) is 1.49. The van der Waals surface area contributed by atoms with Crippen LogP contribution in [0.4, 0.5) is 0 Å². The first-order chi connectivity index (χ1) is 7.02. The van der Waals surface area contributed by atoms with E-state index < -0.39 is 0 Å². The second-order valence-electron chi connectivity index (χ2n) is 3.74. The molecule has 1 amide bonds. The van der Waals surface area contributed by atoms with Gasteiger partial charge in [-0.2, -0.15) is 5.10 Å². The van der Waals surface area contributed by atoms with Crippen molar-refractivity contribution in [2.24, 2.45) is 11.0 Å². The van der Waals surface area contributed by atoms with Crippen molar-refractivity contribution in [1.29, 1.82) is 0 Å². The van der Waals surface area contributed by atoms with E-state index in [4.69, 9.17) is 4.42 Å². The number of hydrazone groups is 1. The van der Waals surface area contributed by atoms with Crippen LogP contribution in [-0.2, 0) is 0 Å². The van der Waals surface area contributed by atoms with E-state index in [1.807, 2.05) is 20.8 Å². The average molecular weight is 208 g/mol. The normalized spacial score (nSPS) is 11.9. The quantitative estimate of drug-likeness (QED) is 0.612. The molecule has 0 radical (unpaired) electrons. The van der Waals surface area contributed by atoms with E-state index in [-0.39, 0.29) is 5.91 Å². The maximum absolute atomic E-state index is 11.6. The minimum Gasteiger partial charge on any atom is -0.469 e. The predicted octanol–water partition coefficient (Wildman–Crippen LogP) is 2.35. The molecule has 0 aliphatic carbocycles. The Morgan fingerprint density at radius 1 is 1.53 bits per heavy atom. The molecule has 0 spiro atoms. The maximum atomic E-state index is 11.6. The smallest absolute Gasteiger partial charge is 0.274 e. The Bertz CT molecular complexity index is 378. The second-order valence-corrected chi connectivity index (χ2v) is 3.74. The van der Waals surface area contributed by atoms with Crippen LogP contribution in [0.3, 0.4) is 0 Å². The molecule has 0 saturated heterocycles. The van der Waals surface area contributed by atoms with Crippen molar-refractivity contribution >= 4 is 11.6 Å². The van der Waals surface area contributed by atoms with Crippen molar-refractivity contribution in [3.05, 3.63) is 23.7 Å². The number of amides is 1. The highest BCUT2D eigenvalue weighted by Crippen LogP contribution is 2.08. The molecule has 1 aromatic rings. The van der Waals surface area contributed by atoms with Gasteiger partial charge in [-0.15, -0.1) is 0 Å². The molecule has 0 atom stereocenters. The van der Waals surface area contributed by atoms with Crippen molar-refractivity contribution in [3.63, 3.8) is 0 Å². The summed E-state index contributed by atoms with van der Waals surface area (Å²) in [5.41, 5.74) is 3.91. The van der Waals surface area contributed by atoms with Crippen molar-refractivity contribution in [2.45, 2.75) is 27.7 Å². The first-order valence-corrected chi connectivity index (χ1v) is 4.91. The van der Waals surface area contributed by atoms with Crippen LogP contribution in [0.5, 0.6) is 0 Å². The molecule has 0 unspecified atom stereocenters. The molecule has 0 aliphatic heterocycles. The maximum Gasteiger partial charge on any atom is 0.274 e. The van der Waals surface area contributed by atoms with Gasteiger partial charge in [0.25, 0.3) is 5.91 Å². The van der Waals surface area contributed by atoms with Gasteiger partial charge in [0.05, 0.1) is 11.8 Å². The molecule has 0 saturated carbocycles. The number of nitrogens with zero attached hydrogens (tertiary/aromatic N) is 1. The fourth-order valence-electron chi connectivity index (χ4n) is 0.949. The van der Waals surface area contributed by atoms with Crippen LogP contribution >= 0.6 is 0 Å². The lowest BCUT2D eigenvalue weighted by atomic mass is 10.1. The highest BCUT2D eigenvalue weighted by molar-refractivity contribution is 5.96. The summed E-state index contributed by atoms with van der Waals surface area (Å²) in [7, 11) is 0. The zero-order chi connectivity index (χ0) is 11.4. The Morgan fingerprint density at radius 3 is 2.67 bits per heavy atom. The van der Waals surface area contributed by atoms with Crippen LogP contribution in [0, 0.1) is 12.8 Å². The fraction of sp³-hybridized carbons (Fsp3) is 0.455. The number of carbonyl (C=O) groups is 1. The van der Waals surface area contributed by atoms with Gasteiger partial charge >= 0.3 is 0 Å². The standard InChI is InChI=1S/C11H16N2O2/c1-7(2)8(3)12-13-11(14)10-5-6-15-9(10)4/h5-7H,1-4H3,(H,13,14). The van der Waals surface area contributed by atoms with Gasteiger partial charge in [-0.1, -0.05) is 13.8 Å². The summed E-state index contributed by atoms with van der Waals surface area (Å²) in [4.78, 5) is 11.6. The van der Waals surface area contributed by atoms with Crippen LogP contribution in [-0.4, -0.2) is 11.6 Å². The van der Waals surface area contributed by atoms with Crippen LogP contribution < -0.4 is 5.43 Å². The average Bonchev–Trinajstić information content (AvgIpc) is 2.60. The van der Waals surface area contributed by atoms with Gasteiger partial charge in [0.1, 0.15) is 5.76 Å². The number of hydrogen-bond donors (Lipinski definition) is 1. The summed E-state index contributed by atoms with van der Waals surface area (Å²) in [5, 5.41) is 4.00. The van der Waals surface area contributed by atoms with E-state index in [9.17, 15) is 4.79 Å². The van der Waals surface area contributed by atoms with Crippen LogP contribution in [0.2, 0.25) is 0 Å². The minimum atomic E-state index is -0.235. The number of hydrogen-bond acceptors (Lipinski definition) is 3. The third kappa shape index (κ3) is 2.94. The van der Waals surface area contributed by atoms with Gasteiger partial charge < -0.3 is 4.42 Å². The second kappa shape index (κ2) is 4.77. The van der Waals surface area contributed by atoms with Crippen LogP contribution in [0.1, 0.15) is 36.9 Å². The molecule has 1 rings (SSSR count). The van der Waals surface area contributed by atoms with E-state index in [0.717, 1.165) is 5.71 Å². The lowest BCUT2D eigenvalue weighted by Gasteiger charge is -2.04. The number of rotatable bonds is 3. The topological polar surface area (TPSA) is 54.6 Å². The van der Waals surface area contributed by atoms with Crippen molar-refractivity contribution in [2.75, 3.05) is 0 Å². The molecule has 82 valence electrons. The van der Waals surface area contributed by atoms with Gasteiger partial charge in [0.15, 0.2) is 0 Å². The molecule has 0 fully saturated rings. The third-order valence-electron chi connectivity index (χ3n) is 2.27. The van der Waals surface area contributed by atoms with E-state index in [0.29, 0.717) is 17.2 Å². The molecule has 4 heteroatoms. The zero-order valence-electron chi connectivity index (χ0n) is 9.50. The van der Waals surface area contributed by atoms with Gasteiger partial charge in [0.2, 0.25) is 0 Å². The monoisotopic (exact) mass is 208 g/mol. The van der Waals surface area contributed by atoms with E-state index >= 15 is 0 Å². The van der Waals surface area contributed by atoms with Crippen molar-refractivity contribution in [3.8, 4) is 0 Å². The van der Waals surface area contributed by atoms with Crippen LogP contribution in [0.15, 0.2) is 21.8 Å². The van der Waals surface area contributed by atoms with E-state index in [2.05, 4.69) is 10.5 Å². The lowest BCUT2D eigenvalue weighted by molar-refractivity contribution is 0.0953. The molecular weight excluding hydrogens is 192 g/mol. The Hall–Kier alpha value is -1.58. The van der Waals surface area contributed by atoms with Gasteiger partial charge in [-0.3, -0.25) is 4.79 Å². The Labute approximate surface area is 89.4 Å². The largest absolute Gasteiger partial charge is 0.469 e. The Morgan fingerprint density at radius 2 is 2.20 bits per heavy atom. The molecular formula is C11H16N2O2. The summed E-state index contributed by atoms with van der Waals surface area (Å²) in [6.45, 7) is 7.67. The summed E-state index contributed by atoms with van der Waals surface area (Å²) < 4.78 is 5.03. The Balaban J connectivity index is 2.66. The zero-order valence-corrected chi connectivity index (χ0v) is 9.50. The highest BCUT2D eigenvalue weighted by atomic mass is 16.3. The van der Waals surface area contributed by atoms with Crippen molar-refractivity contribution in [1.82, 2.24) is 5.43 Å². The van der Waals surface area contributed by atoms with Gasteiger partial charge in [-0.25, -0.2) is 5.43 Å². The number of furan rings is 1. The van der Waals surface area contributed by atoms with E-state index in [1.54, 1.807) is 13.0 Å². The molecule has 1 heterocycles. The third-order valence-corrected chi connectivity index (χ3v) is 2.27. The van der Waals surface area contributed by atoms with Gasteiger partial charge in [0, 0.05) is 5.71 Å². The SMILES string of the molecule is CC(=NNC(=O)c1ccoc1C)C(C)C. The Kier molecular flexibility index (Phi) is 3.66. The highest BCUT2D eigenvalue weighted by Gasteiger charge is 2.10. The van der Waals surface area contributed by atoms with Crippen molar-refractivity contribution < 1.29 is 9.21 Å².